The Kier molecular flexibility index (Phi) is 7.79. The average molecular weight is 499 g/mol. The van der Waals surface area contributed by atoms with Gasteiger partial charge in [0.2, 0.25) is 0 Å². The van der Waals surface area contributed by atoms with Crippen molar-refractivity contribution in [1.82, 2.24) is 19.9 Å². The van der Waals surface area contributed by atoms with Gasteiger partial charge in [0, 0.05) is 61.8 Å². The number of H-pyrrole nitrogens is 1. The monoisotopic (exact) mass is 498 g/mol. The van der Waals surface area contributed by atoms with Crippen LogP contribution >= 0.6 is 0 Å². The maximum absolute atomic E-state index is 9.77. The number of nitrogens with one attached hydrogen (secondary N) is 2. The average Bonchev–Trinajstić information content (AvgIpc) is 3.45. The van der Waals surface area contributed by atoms with Crippen LogP contribution in [0.25, 0.3) is 10.9 Å². The number of nitrogens with zero attached hydrogens (tertiary/aromatic N) is 4. The lowest BCUT2D eigenvalue weighted by atomic mass is 10.1. The molecule has 190 valence electrons. The highest BCUT2D eigenvalue weighted by molar-refractivity contribution is 5.97. The van der Waals surface area contributed by atoms with E-state index in [1.807, 2.05) is 42.6 Å². The van der Waals surface area contributed by atoms with E-state index in [1.165, 1.54) is 0 Å². The lowest BCUT2D eigenvalue weighted by Gasteiger charge is -2.26. The maximum Gasteiger partial charge on any atom is 0.163 e. The highest BCUT2D eigenvalue weighted by Gasteiger charge is 2.15. The van der Waals surface area contributed by atoms with Crippen molar-refractivity contribution in [2.45, 2.75) is 12.8 Å². The van der Waals surface area contributed by atoms with Gasteiger partial charge in [0.1, 0.15) is 11.9 Å². The minimum Gasteiger partial charge on any atom is -0.493 e. The topological polar surface area (TPSA) is 108 Å². The molecule has 1 saturated heterocycles. The summed E-state index contributed by atoms with van der Waals surface area (Å²) in [6, 6.07) is 14.1. The van der Waals surface area contributed by atoms with Gasteiger partial charge < -0.3 is 24.5 Å². The van der Waals surface area contributed by atoms with Crippen molar-refractivity contribution in [2.75, 3.05) is 51.9 Å². The molecule has 5 rings (SSSR count). The number of ether oxygens (including phenoxy) is 3. The minimum absolute atomic E-state index is 0.452. The van der Waals surface area contributed by atoms with Crippen LogP contribution in [0.5, 0.6) is 11.5 Å². The van der Waals surface area contributed by atoms with Crippen molar-refractivity contribution < 1.29 is 14.2 Å². The fraction of sp³-hybridized carbons (Fsp3) is 0.321. The minimum atomic E-state index is 0.452. The summed E-state index contributed by atoms with van der Waals surface area (Å²) in [5.41, 5.74) is 3.86. The number of anilines is 2. The summed E-state index contributed by atoms with van der Waals surface area (Å²) in [4.78, 5) is 14.3. The number of morpholine rings is 1. The molecule has 2 aromatic heterocycles. The van der Waals surface area contributed by atoms with Crippen LogP contribution in [-0.4, -0.2) is 66.4 Å². The van der Waals surface area contributed by atoms with Gasteiger partial charge in [-0.05, 0) is 30.2 Å². The van der Waals surface area contributed by atoms with Crippen LogP contribution in [-0.2, 0) is 11.2 Å². The zero-order valence-electron chi connectivity index (χ0n) is 20.9. The highest BCUT2D eigenvalue weighted by atomic mass is 16.5. The Labute approximate surface area is 216 Å². The zero-order chi connectivity index (χ0) is 25.5. The van der Waals surface area contributed by atoms with Crippen LogP contribution in [0.3, 0.4) is 0 Å². The molecule has 1 aliphatic rings. The first-order chi connectivity index (χ1) is 18.2. The molecule has 0 bridgehead atoms. The second kappa shape index (κ2) is 11.7. The van der Waals surface area contributed by atoms with E-state index in [-0.39, 0.29) is 0 Å². The molecule has 4 aromatic rings. The first-order valence-corrected chi connectivity index (χ1v) is 12.4. The normalized spacial score (nSPS) is 13.8. The molecule has 0 atom stereocenters. The molecule has 2 N–H and O–H groups in total. The fourth-order valence-electron chi connectivity index (χ4n) is 4.43. The van der Waals surface area contributed by atoms with Crippen molar-refractivity contribution in [2.24, 2.45) is 0 Å². The van der Waals surface area contributed by atoms with Crippen LogP contribution in [0.2, 0.25) is 0 Å². The molecule has 0 amide bonds. The molecular weight excluding hydrogens is 468 g/mol. The number of nitriles is 1. The van der Waals surface area contributed by atoms with E-state index < -0.39 is 0 Å². The van der Waals surface area contributed by atoms with Gasteiger partial charge in [-0.2, -0.15) is 5.26 Å². The number of hydrogen-bond donors (Lipinski definition) is 2. The Morgan fingerprint density at radius 1 is 1.14 bits per heavy atom. The van der Waals surface area contributed by atoms with Gasteiger partial charge in [-0.15, -0.1) is 0 Å². The van der Waals surface area contributed by atoms with E-state index in [4.69, 9.17) is 14.2 Å². The number of rotatable bonds is 10. The van der Waals surface area contributed by atoms with Gasteiger partial charge >= 0.3 is 0 Å². The Morgan fingerprint density at radius 2 is 1.97 bits per heavy atom. The fourth-order valence-corrected chi connectivity index (χ4v) is 4.43. The van der Waals surface area contributed by atoms with Gasteiger partial charge in [0.15, 0.2) is 11.5 Å². The summed E-state index contributed by atoms with van der Waals surface area (Å²) in [5, 5.41) is 14.0. The first kappa shape index (κ1) is 24.6. The van der Waals surface area contributed by atoms with E-state index in [2.05, 4.69) is 31.2 Å². The predicted octanol–water partition coefficient (Wildman–Crippen LogP) is 4.27. The van der Waals surface area contributed by atoms with Crippen LogP contribution < -0.4 is 14.8 Å². The number of benzene rings is 2. The van der Waals surface area contributed by atoms with E-state index in [9.17, 15) is 5.26 Å². The Hall–Kier alpha value is -4.13. The maximum atomic E-state index is 9.77. The van der Waals surface area contributed by atoms with Gasteiger partial charge in [0.25, 0.3) is 0 Å². The van der Waals surface area contributed by atoms with Crippen LogP contribution in [0.4, 0.5) is 11.4 Å². The lowest BCUT2D eigenvalue weighted by molar-refractivity contribution is 0.0357. The second-order valence-corrected chi connectivity index (χ2v) is 8.87. The van der Waals surface area contributed by atoms with Crippen molar-refractivity contribution in [3.8, 4) is 17.6 Å². The van der Waals surface area contributed by atoms with Crippen LogP contribution in [0, 0.1) is 11.3 Å². The molecule has 3 heterocycles. The third-order valence-corrected chi connectivity index (χ3v) is 6.40. The smallest absolute Gasteiger partial charge is 0.163 e. The number of fused-ring (bicyclic) bond motifs is 1. The van der Waals surface area contributed by atoms with Gasteiger partial charge in [-0.3, -0.25) is 9.88 Å². The molecule has 1 fully saturated rings. The molecule has 37 heavy (non-hydrogen) atoms. The van der Waals surface area contributed by atoms with Crippen molar-refractivity contribution in [3.05, 3.63) is 71.9 Å². The summed E-state index contributed by atoms with van der Waals surface area (Å²) in [7, 11) is 1.62. The quantitative estimate of drug-likeness (QED) is 0.312. The molecular formula is C28H30N6O3. The van der Waals surface area contributed by atoms with E-state index in [1.54, 1.807) is 19.5 Å². The largest absolute Gasteiger partial charge is 0.493 e. The molecule has 9 nitrogen and oxygen atoms in total. The molecule has 0 aliphatic carbocycles. The SMILES string of the molecule is COc1cc2c(Nc3ccc(Cc4ncc[nH]4)cc3)c(C#N)cnc2cc1OCCCN1CCOCC1. The lowest BCUT2D eigenvalue weighted by Crippen LogP contribution is -2.37. The Morgan fingerprint density at radius 3 is 2.70 bits per heavy atom. The summed E-state index contributed by atoms with van der Waals surface area (Å²) >= 11 is 0. The van der Waals surface area contributed by atoms with Gasteiger partial charge in [0.05, 0.1) is 43.7 Å². The molecule has 9 heteroatoms. The second-order valence-electron chi connectivity index (χ2n) is 8.87. The standard InChI is InChI=1S/C28H30N6O3/c1-35-25-16-23-24(17-26(25)37-12-2-9-34-10-13-36-14-11-34)32-19-21(18-29)28(23)33-22-5-3-20(4-6-22)15-27-30-7-8-31-27/h3-8,16-17,19H,2,9-15H2,1H3,(H,30,31)(H,32,33). The van der Waals surface area contributed by atoms with E-state index in [0.717, 1.165) is 73.7 Å². The van der Waals surface area contributed by atoms with Crippen molar-refractivity contribution in [1.29, 1.82) is 5.26 Å². The summed E-state index contributed by atoms with van der Waals surface area (Å²) in [5.74, 6) is 2.16. The number of imidazole rings is 1. The van der Waals surface area contributed by atoms with Gasteiger partial charge in [-0.25, -0.2) is 4.98 Å². The zero-order valence-corrected chi connectivity index (χ0v) is 20.9. The molecule has 0 saturated carbocycles. The van der Waals surface area contributed by atoms with Crippen molar-refractivity contribution in [3.63, 3.8) is 0 Å². The first-order valence-electron chi connectivity index (χ1n) is 12.4. The Balaban J connectivity index is 1.33. The van der Waals surface area contributed by atoms with Crippen LogP contribution in [0.15, 0.2) is 55.0 Å². The number of methoxy groups -OCH3 is 1. The van der Waals surface area contributed by atoms with Crippen molar-refractivity contribution >= 4 is 22.3 Å². The number of aromatic nitrogens is 3. The predicted molar refractivity (Wildman–Crippen MR) is 141 cm³/mol. The highest BCUT2D eigenvalue weighted by Crippen LogP contribution is 2.37. The molecule has 0 radical (unpaired) electrons. The molecule has 2 aromatic carbocycles. The molecule has 1 aliphatic heterocycles. The number of hydrogen-bond acceptors (Lipinski definition) is 8. The van der Waals surface area contributed by atoms with E-state index >= 15 is 0 Å². The number of pyridine rings is 1. The summed E-state index contributed by atoms with van der Waals surface area (Å²) in [6.07, 6.45) is 6.79. The molecule has 0 spiro atoms. The van der Waals surface area contributed by atoms with Gasteiger partial charge in [-0.1, -0.05) is 12.1 Å². The summed E-state index contributed by atoms with van der Waals surface area (Å²) < 4.78 is 17.1. The third kappa shape index (κ3) is 6.00. The Bertz CT molecular complexity index is 1360. The van der Waals surface area contributed by atoms with Crippen LogP contribution in [0.1, 0.15) is 23.4 Å². The number of aromatic amines is 1. The summed E-state index contributed by atoms with van der Waals surface area (Å²) in [6.45, 7) is 5.06. The van der Waals surface area contributed by atoms with E-state index in [0.29, 0.717) is 29.4 Å². The molecule has 0 unspecified atom stereocenters. The third-order valence-electron chi connectivity index (χ3n) is 6.40.